The maximum absolute atomic E-state index is 12.9. The lowest BCUT2D eigenvalue weighted by molar-refractivity contribution is 0.0621. The van der Waals surface area contributed by atoms with Crippen LogP contribution in [0.3, 0.4) is 0 Å². The fraction of sp³-hybridized carbons (Fsp3) is 0.389. The first-order valence-corrected chi connectivity index (χ1v) is 9.05. The molecule has 24 heavy (non-hydrogen) atoms. The number of rotatable bonds is 1. The third-order valence-electron chi connectivity index (χ3n) is 4.62. The Balaban J connectivity index is 1.82. The molecule has 4 rings (SSSR count). The molecule has 1 aromatic carbocycles. The van der Waals surface area contributed by atoms with Gasteiger partial charge in [0.25, 0.3) is 11.5 Å². The maximum atomic E-state index is 12.9. The molecule has 124 valence electrons. The molecule has 1 fully saturated rings. The van der Waals surface area contributed by atoms with Gasteiger partial charge in [0.2, 0.25) is 0 Å². The first-order valence-electron chi connectivity index (χ1n) is 8.23. The van der Waals surface area contributed by atoms with Gasteiger partial charge in [0, 0.05) is 19.3 Å². The van der Waals surface area contributed by atoms with E-state index in [2.05, 4.69) is 18.8 Å². The van der Waals surface area contributed by atoms with Crippen LogP contribution in [-0.2, 0) is 0 Å². The molecule has 1 amide bonds. The Morgan fingerprint density at radius 3 is 2.67 bits per heavy atom. The summed E-state index contributed by atoms with van der Waals surface area (Å²) in [6.07, 6.45) is 2.56. The summed E-state index contributed by atoms with van der Waals surface area (Å²) < 4.78 is 2.55. The molecule has 1 saturated heterocycles. The largest absolute Gasteiger partial charge is 0.338 e. The minimum absolute atomic E-state index is 0.164. The highest BCUT2D eigenvalue weighted by Gasteiger charge is 2.28. The summed E-state index contributed by atoms with van der Waals surface area (Å²) in [5.74, 6) is 0.717. The number of hydrogen-bond donors (Lipinski definition) is 0. The van der Waals surface area contributed by atoms with Crippen molar-refractivity contribution >= 4 is 32.4 Å². The fourth-order valence-electron chi connectivity index (χ4n) is 3.70. The van der Waals surface area contributed by atoms with E-state index in [1.54, 1.807) is 9.30 Å². The van der Waals surface area contributed by atoms with Crippen LogP contribution in [0.25, 0.3) is 15.2 Å². The number of fused-ring (bicyclic) bond motifs is 3. The Morgan fingerprint density at radius 1 is 1.21 bits per heavy atom. The monoisotopic (exact) mass is 341 g/mol. The minimum atomic E-state index is -0.270. The molecule has 0 spiro atoms. The van der Waals surface area contributed by atoms with Crippen LogP contribution in [0.15, 0.2) is 35.3 Å². The van der Waals surface area contributed by atoms with Crippen molar-refractivity contribution in [2.45, 2.75) is 20.3 Å². The number of carbonyl (C=O) groups is 1. The smallest absolute Gasteiger partial charge is 0.271 e. The number of aromatic nitrogens is 2. The molecule has 0 bridgehead atoms. The van der Waals surface area contributed by atoms with E-state index < -0.39 is 0 Å². The molecule has 0 N–H and O–H groups in total. The van der Waals surface area contributed by atoms with Crippen molar-refractivity contribution in [2.24, 2.45) is 11.8 Å². The van der Waals surface area contributed by atoms with Crippen LogP contribution in [0.1, 0.15) is 30.6 Å². The predicted octanol–water partition coefficient (Wildman–Crippen LogP) is 3.03. The summed E-state index contributed by atoms with van der Waals surface area (Å²) in [5, 5.41) is 0. The van der Waals surface area contributed by atoms with E-state index in [1.807, 2.05) is 24.3 Å². The van der Waals surface area contributed by atoms with E-state index >= 15 is 0 Å². The van der Waals surface area contributed by atoms with E-state index in [9.17, 15) is 9.59 Å². The Morgan fingerprint density at radius 2 is 1.92 bits per heavy atom. The number of thiazole rings is 1. The lowest BCUT2D eigenvalue weighted by atomic mass is 9.91. The summed E-state index contributed by atoms with van der Waals surface area (Å²) in [6, 6.07) is 7.68. The number of piperidine rings is 1. The average Bonchev–Trinajstić information content (AvgIpc) is 2.93. The van der Waals surface area contributed by atoms with Crippen molar-refractivity contribution < 1.29 is 4.79 Å². The summed E-state index contributed by atoms with van der Waals surface area (Å²) in [7, 11) is 0. The first kappa shape index (κ1) is 15.3. The van der Waals surface area contributed by atoms with Crippen LogP contribution in [-0.4, -0.2) is 33.3 Å². The molecule has 3 heterocycles. The second-order valence-corrected chi connectivity index (χ2v) is 7.83. The number of carbonyl (C=O) groups excluding carboxylic acids is 1. The van der Waals surface area contributed by atoms with Gasteiger partial charge in [-0.15, -0.1) is 0 Å². The molecule has 0 aliphatic carbocycles. The van der Waals surface area contributed by atoms with Gasteiger partial charge < -0.3 is 4.90 Å². The SMILES string of the molecule is CC1CC(C)CN(C(=O)c2cnc3sc4ccccc4n3c2=O)C1. The normalized spacial score (nSPS) is 21.5. The summed E-state index contributed by atoms with van der Waals surface area (Å²) >= 11 is 1.46. The van der Waals surface area contributed by atoms with Gasteiger partial charge in [0.15, 0.2) is 4.96 Å². The van der Waals surface area contributed by atoms with Crippen LogP contribution in [0, 0.1) is 11.8 Å². The molecule has 0 saturated carbocycles. The second-order valence-electron chi connectivity index (χ2n) is 6.82. The van der Waals surface area contributed by atoms with Gasteiger partial charge in [-0.1, -0.05) is 37.3 Å². The Labute approximate surface area is 143 Å². The molecular weight excluding hydrogens is 322 g/mol. The molecule has 1 aliphatic heterocycles. The molecule has 5 nitrogen and oxygen atoms in total. The number of hydrogen-bond acceptors (Lipinski definition) is 4. The van der Waals surface area contributed by atoms with Gasteiger partial charge in [0.1, 0.15) is 5.56 Å². The molecule has 0 radical (unpaired) electrons. The summed E-state index contributed by atoms with van der Waals surface area (Å²) in [4.78, 5) is 32.6. The van der Waals surface area contributed by atoms with E-state index in [-0.39, 0.29) is 17.0 Å². The highest BCUT2D eigenvalue weighted by molar-refractivity contribution is 7.23. The van der Waals surface area contributed by atoms with Crippen LogP contribution < -0.4 is 5.56 Å². The average molecular weight is 341 g/mol. The van der Waals surface area contributed by atoms with Gasteiger partial charge in [0.05, 0.1) is 10.2 Å². The molecule has 2 unspecified atom stereocenters. The van der Waals surface area contributed by atoms with Crippen molar-refractivity contribution in [2.75, 3.05) is 13.1 Å². The zero-order valence-corrected chi connectivity index (χ0v) is 14.5. The third kappa shape index (κ3) is 2.41. The zero-order valence-electron chi connectivity index (χ0n) is 13.7. The Kier molecular flexibility index (Phi) is 3.64. The lowest BCUT2D eigenvalue weighted by Gasteiger charge is -2.34. The number of amides is 1. The van der Waals surface area contributed by atoms with Crippen molar-refractivity contribution in [3.63, 3.8) is 0 Å². The van der Waals surface area contributed by atoms with Crippen molar-refractivity contribution in [1.82, 2.24) is 14.3 Å². The highest BCUT2D eigenvalue weighted by atomic mass is 32.1. The molecule has 6 heteroatoms. The van der Waals surface area contributed by atoms with Gasteiger partial charge in [-0.05, 0) is 30.4 Å². The van der Waals surface area contributed by atoms with E-state index in [4.69, 9.17) is 0 Å². The molecular formula is C18H19N3O2S. The number of nitrogens with zero attached hydrogens (tertiary/aromatic N) is 3. The van der Waals surface area contributed by atoms with E-state index in [1.165, 1.54) is 17.5 Å². The topological polar surface area (TPSA) is 54.7 Å². The van der Waals surface area contributed by atoms with Gasteiger partial charge in [-0.2, -0.15) is 0 Å². The van der Waals surface area contributed by atoms with Crippen molar-refractivity contribution in [1.29, 1.82) is 0 Å². The van der Waals surface area contributed by atoms with Crippen LogP contribution in [0.5, 0.6) is 0 Å². The third-order valence-corrected chi connectivity index (χ3v) is 5.66. The highest BCUT2D eigenvalue weighted by Crippen LogP contribution is 2.24. The lowest BCUT2D eigenvalue weighted by Crippen LogP contribution is -2.44. The van der Waals surface area contributed by atoms with Crippen LogP contribution in [0.4, 0.5) is 0 Å². The number of para-hydroxylation sites is 1. The van der Waals surface area contributed by atoms with Gasteiger partial charge in [-0.3, -0.25) is 14.0 Å². The van der Waals surface area contributed by atoms with Crippen molar-refractivity contribution in [3.05, 3.63) is 46.4 Å². The standard InChI is InChI=1S/C18H19N3O2S/c1-11-7-12(2)10-20(9-11)16(22)13-8-19-18-21(17(13)23)14-5-3-4-6-15(14)24-18/h3-6,8,11-12H,7,9-10H2,1-2H3. The molecule has 3 aromatic rings. The van der Waals surface area contributed by atoms with E-state index in [0.717, 1.165) is 16.6 Å². The van der Waals surface area contributed by atoms with Gasteiger partial charge in [-0.25, -0.2) is 4.98 Å². The fourth-order valence-corrected chi connectivity index (χ4v) is 4.68. The summed E-state index contributed by atoms with van der Waals surface area (Å²) in [6.45, 7) is 5.71. The van der Waals surface area contributed by atoms with Crippen molar-refractivity contribution in [3.8, 4) is 0 Å². The number of likely N-dealkylation sites (tertiary alicyclic amines) is 1. The molecule has 2 atom stereocenters. The van der Waals surface area contributed by atoms with E-state index in [0.29, 0.717) is 29.9 Å². The second kappa shape index (κ2) is 5.70. The Hall–Kier alpha value is -2.21. The van der Waals surface area contributed by atoms with Crippen LogP contribution >= 0.6 is 11.3 Å². The predicted molar refractivity (Wildman–Crippen MR) is 95.7 cm³/mol. The summed E-state index contributed by atoms with van der Waals surface area (Å²) in [5.41, 5.74) is 0.704. The zero-order chi connectivity index (χ0) is 16.8. The maximum Gasteiger partial charge on any atom is 0.271 e. The van der Waals surface area contributed by atoms with Crippen LogP contribution in [0.2, 0.25) is 0 Å². The molecule has 2 aromatic heterocycles. The number of benzene rings is 1. The van der Waals surface area contributed by atoms with Gasteiger partial charge >= 0.3 is 0 Å². The molecule has 1 aliphatic rings. The minimum Gasteiger partial charge on any atom is -0.338 e. The first-order chi connectivity index (χ1) is 11.5. The quantitative estimate of drug-likeness (QED) is 0.684. The Bertz CT molecular complexity index is 981.